The second kappa shape index (κ2) is 11.9. The first-order chi connectivity index (χ1) is 15.1. The number of pyridine rings is 1. The van der Waals surface area contributed by atoms with Gasteiger partial charge in [-0.25, -0.2) is 0 Å². The van der Waals surface area contributed by atoms with Gasteiger partial charge in [-0.1, -0.05) is 49.6 Å². The molecule has 2 aromatic rings. The standard InChI is InChI=1S/C27H33ClN2O/c1-3-4-5-11-25-22(17-23-18-24(28)13-14-26(23)25)12-15-27(31)30-20(2)8-6-9-21-10-7-16-29-19-21/h7,10,12-16,18-20H,3-6,8-9,11,17H2,1-2H3,(H,30,31)/b15-12+. The highest BCUT2D eigenvalue weighted by Gasteiger charge is 2.20. The minimum absolute atomic E-state index is 0.0247. The van der Waals surface area contributed by atoms with Gasteiger partial charge in [-0.15, -0.1) is 0 Å². The fourth-order valence-corrected chi connectivity index (χ4v) is 4.39. The largest absolute Gasteiger partial charge is 0.350 e. The van der Waals surface area contributed by atoms with Crippen molar-refractivity contribution in [3.05, 3.63) is 82.2 Å². The molecule has 4 heteroatoms. The van der Waals surface area contributed by atoms with Crippen molar-refractivity contribution in [2.24, 2.45) is 0 Å². The van der Waals surface area contributed by atoms with Crippen molar-refractivity contribution in [2.75, 3.05) is 0 Å². The number of aromatic nitrogens is 1. The SMILES string of the molecule is CCCCCC1=C(/C=C/C(=O)NC(C)CCCc2cccnc2)Cc2cc(Cl)ccc21. The number of hydrogen-bond donors (Lipinski definition) is 1. The van der Waals surface area contributed by atoms with Gasteiger partial charge in [-0.3, -0.25) is 9.78 Å². The third-order valence-corrected chi connectivity index (χ3v) is 6.08. The van der Waals surface area contributed by atoms with Crippen LogP contribution in [0.25, 0.3) is 5.57 Å². The summed E-state index contributed by atoms with van der Waals surface area (Å²) in [7, 11) is 0. The zero-order valence-corrected chi connectivity index (χ0v) is 19.4. The van der Waals surface area contributed by atoms with E-state index >= 15 is 0 Å². The van der Waals surface area contributed by atoms with Crippen LogP contribution in [0.2, 0.25) is 5.02 Å². The summed E-state index contributed by atoms with van der Waals surface area (Å²) in [6, 6.07) is 10.4. The minimum atomic E-state index is -0.0247. The molecule has 0 saturated heterocycles. The van der Waals surface area contributed by atoms with Crippen molar-refractivity contribution in [1.82, 2.24) is 10.3 Å². The van der Waals surface area contributed by atoms with E-state index in [2.05, 4.69) is 42.3 Å². The summed E-state index contributed by atoms with van der Waals surface area (Å²) in [5.74, 6) is -0.0247. The Morgan fingerprint density at radius 3 is 2.87 bits per heavy atom. The number of hydrogen-bond acceptors (Lipinski definition) is 2. The van der Waals surface area contributed by atoms with E-state index in [4.69, 9.17) is 11.6 Å². The number of rotatable bonds is 11. The van der Waals surface area contributed by atoms with Crippen LogP contribution in [0.1, 0.15) is 69.1 Å². The number of nitrogens with one attached hydrogen (secondary N) is 1. The predicted molar refractivity (Wildman–Crippen MR) is 130 cm³/mol. The first kappa shape index (κ1) is 23.3. The van der Waals surface area contributed by atoms with Gasteiger partial charge < -0.3 is 5.32 Å². The van der Waals surface area contributed by atoms with Gasteiger partial charge in [-0.05, 0) is 91.5 Å². The molecule has 1 aromatic carbocycles. The molecule has 1 atom stereocenters. The van der Waals surface area contributed by atoms with Crippen molar-refractivity contribution in [2.45, 2.75) is 71.3 Å². The number of allylic oxidation sites excluding steroid dienone is 3. The topological polar surface area (TPSA) is 42.0 Å². The molecule has 0 saturated carbocycles. The first-order valence-electron chi connectivity index (χ1n) is 11.4. The van der Waals surface area contributed by atoms with Crippen molar-refractivity contribution in [3.63, 3.8) is 0 Å². The summed E-state index contributed by atoms with van der Waals surface area (Å²) >= 11 is 6.21. The van der Waals surface area contributed by atoms with Crippen LogP contribution in [-0.2, 0) is 17.6 Å². The van der Waals surface area contributed by atoms with Gasteiger partial charge in [0.25, 0.3) is 0 Å². The van der Waals surface area contributed by atoms with Crippen LogP contribution in [0.4, 0.5) is 0 Å². The maximum atomic E-state index is 12.5. The number of benzene rings is 1. The Hall–Kier alpha value is -2.39. The Morgan fingerprint density at radius 1 is 1.23 bits per heavy atom. The maximum absolute atomic E-state index is 12.5. The molecular formula is C27H33ClN2O. The number of aryl methyl sites for hydroxylation is 1. The van der Waals surface area contributed by atoms with Gasteiger partial charge in [0.05, 0.1) is 0 Å². The molecule has 0 aliphatic heterocycles. The van der Waals surface area contributed by atoms with Crippen molar-refractivity contribution < 1.29 is 4.79 Å². The fraction of sp³-hybridized carbons (Fsp3) is 0.407. The second-order valence-electron chi connectivity index (χ2n) is 8.44. The minimum Gasteiger partial charge on any atom is -0.350 e. The van der Waals surface area contributed by atoms with E-state index in [0.29, 0.717) is 0 Å². The van der Waals surface area contributed by atoms with Crippen LogP contribution in [0.5, 0.6) is 0 Å². The first-order valence-corrected chi connectivity index (χ1v) is 11.8. The molecule has 1 N–H and O–H groups in total. The summed E-state index contributed by atoms with van der Waals surface area (Å²) in [5.41, 5.74) is 6.41. The highest BCUT2D eigenvalue weighted by molar-refractivity contribution is 6.30. The summed E-state index contributed by atoms with van der Waals surface area (Å²) in [5, 5.41) is 3.88. The van der Waals surface area contributed by atoms with E-state index in [0.717, 1.165) is 37.1 Å². The summed E-state index contributed by atoms with van der Waals surface area (Å²) in [6.07, 6.45) is 15.9. The van der Waals surface area contributed by atoms with Crippen LogP contribution >= 0.6 is 11.6 Å². The Morgan fingerprint density at radius 2 is 2.10 bits per heavy atom. The van der Waals surface area contributed by atoms with E-state index in [1.54, 1.807) is 12.3 Å². The Labute approximate surface area is 191 Å². The third kappa shape index (κ3) is 7.07. The lowest BCUT2D eigenvalue weighted by molar-refractivity contribution is -0.117. The molecule has 0 fully saturated rings. The van der Waals surface area contributed by atoms with E-state index in [-0.39, 0.29) is 11.9 Å². The van der Waals surface area contributed by atoms with Gasteiger partial charge >= 0.3 is 0 Å². The number of fused-ring (bicyclic) bond motifs is 1. The molecular weight excluding hydrogens is 404 g/mol. The molecule has 164 valence electrons. The predicted octanol–water partition coefficient (Wildman–Crippen LogP) is 6.71. The van der Waals surface area contributed by atoms with E-state index < -0.39 is 0 Å². The van der Waals surface area contributed by atoms with Crippen molar-refractivity contribution in [1.29, 1.82) is 0 Å². The molecule has 3 nitrogen and oxygen atoms in total. The van der Waals surface area contributed by atoms with Gasteiger partial charge in [0.15, 0.2) is 0 Å². The highest BCUT2D eigenvalue weighted by atomic mass is 35.5. The lowest BCUT2D eigenvalue weighted by Gasteiger charge is -2.12. The van der Waals surface area contributed by atoms with Crippen molar-refractivity contribution >= 4 is 23.1 Å². The van der Waals surface area contributed by atoms with E-state index in [9.17, 15) is 4.79 Å². The maximum Gasteiger partial charge on any atom is 0.244 e. The van der Waals surface area contributed by atoms with Gasteiger partial charge in [0, 0.05) is 29.5 Å². The normalized spacial score (nSPS) is 14.2. The van der Waals surface area contributed by atoms with Crippen LogP contribution in [-0.4, -0.2) is 16.9 Å². The van der Waals surface area contributed by atoms with Crippen molar-refractivity contribution in [3.8, 4) is 0 Å². The Kier molecular flexibility index (Phi) is 8.90. The number of unbranched alkanes of at least 4 members (excludes halogenated alkanes) is 2. The molecule has 0 radical (unpaired) electrons. The third-order valence-electron chi connectivity index (χ3n) is 5.84. The Balaban J connectivity index is 1.55. The van der Waals surface area contributed by atoms with Crippen LogP contribution < -0.4 is 5.32 Å². The molecule has 1 aliphatic rings. The van der Waals surface area contributed by atoms with Gasteiger partial charge in [0.1, 0.15) is 0 Å². The smallest absolute Gasteiger partial charge is 0.244 e. The summed E-state index contributed by atoms with van der Waals surface area (Å²) in [4.78, 5) is 16.6. The van der Waals surface area contributed by atoms with Gasteiger partial charge in [0.2, 0.25) is 5.91 Å². The molecule has 1 heterocycles. The Bertz CT molecular complexity index is 934. The van der Waals surface area contributed by atoms with E-state index in [1.165, 1.54) is 47.1 Å². The van der Waals surface area contributed by atoms with E-state index in [1.807, 2.05) is 24.4 Å². The second-order valence-corrected chi connectivity index (χ2v) is 8.87. The number of amides is 1. The molecule has 0 bridgehead atoms. The van der Waals surface area contributed by atoms with Crippen LogP contribution in [0.3, 0.4) is 0 Å². The molecule has 31 heavy (non-hydrogen) atoms. The number of nitrogens with zero attached hydrogens (tertiary/aromatic N) is 1. The average molecular weight is 437 g/mol. The molecule has 1 aliphatic carbocycles. The molecule has 1 amide bonds. The zero-order chi connectivity index (χ0) is 22.1. The van der Waals surface area contributed by atoms with Crippen LogP contribution in [0, 0.1) is 0 Å². The summed E-state index contributed by atoms with van der Waals surface area (Å²) < 4.78 is 0. The fourth-order valence-electron chi connectivity index (χ4n) is 4.19. The monoisotopic (exact) mass is 436 g/mol. The van der Waals surface area contributed by atoms with Gasteiger partial charge in [-0.2, -0.15) is 0 Å². The molecule has 3 rings (SSSR count). The molecule has 1 aromatic heterocycles. The average Bonchev–Trinajstić information content (AvgIpc) is 3.09. The quantitative estimate of drug-likeness (QED) is 0.314. The zero-order valence-electron chi connectivity index (χ0n) is 18.7. The van der Waals surface area contributed by atoms with Crippen LogP contribution in [0.15, 0.2) is 60.5 Å². The molecule has 0 spiro atoms. The lowest BCUT2D eigenvalue weighted by atomic mass is 9.99. The highest BCUT2D eigenvalue weighted by Crippen LogP contribution is 2.38. The number of carbonyl (C=O) groups excluding carboxylic acids is 1. The number of carbonyl (C=O) groups is 1. The number of halogens is 1. The molecule has 1 unspecified atom stereocenters. The summed E-state index contributed by atoms with van der Waals surface area (Å²) in [6.45, 7) is 4.29. The lowest BCUT2D eigenvalue weighted by Crippen LogP contribution is -2.31.